The molecule has 0 saturated heterocycles. The lowest BCUT2D eigenvalue weighted by Crippen LogP contribution is -1.97. The van der Waals surface area contributed by atoms with Gasteiger partial charge in [-0.25, -0.2) is 0 Å². The second-order valence-corrected chi connectivity index (χ2v) is 6.55. The summed E-state index contributed by atoms with van der Waals surface area (Å²) < 4.78 is 0. The normalized spacial score (nSPS) is 13.2. The molecule has 0 aliphatic carbocycles. The van der Waals surface area contributed by atoms with Crippen LogP contribution in [0.5, 0.6) is 0 Å². The van der Waals surface area contributed by atoms with Gasteiger partial charge in [-0.1, -0.05) is 20.3 Å². The highest BCUT2D eigenvalue weighted by molar-refractivity contribution is 8.04. The first-order chi connectivity index (χ1) is 6.31. The van der Waals surface area contributed by atoms with Crippen LogP contribution < -0.4 is 0 Å². The Hall–Kier alpha value is 1.05. The van der Waals surface area contributed by atoms with Gasteiger partial charge in [0, 0.05) is 23.0 Å². The molecule has 0 aliphatic heterocycles. The Kier molecular flexibility index (Phi) is 12.0. The molecular weight excluding hydrogens is 216 g/mol. The van der Waals surface area contributed by atoms with Crippen LogP contribution in [0.25, 0.3) is 0 Å². The summed E-state index contributed by atoms with van der Waals surface area (Å²) in [6.45, 7) is 4.62. The van der Waals surface area contributed by atoms with E-state index in [1.165, 1.54) is 35.2 Å². The Morgan fingerprint density at radius 2 is 1.62 bits per heavy atom. The molecule has 0 N–H and O–H groups in total. The minimum atomic E-state index is 0.904. The molecule has 0 saturated carbocycles. The summed E-state index contributed by atoms with van der Waals surface area (Å²) in [5.74, 6) is 7.55. The van der Waals surface area contributed by atoms with Gasteiger partial charge in [0.25, 0.3) is 0 Å². The summed E-state index contributed by atoms with van der Waals surface area (Å²) in [5, 5.41) is 0. The third-order valence-electron chi connectivity index (χ3n) is 1.90. The number of rotatable bonds is 9. The van der Waals surface area contributed by atoms with Gasteiger partial charge in [0.1, 0.15) is 0 Å². The zero-order valence-electron chi connectivity index (χ0n) is 9.04. The van der Waals surface area contributed by atoms with E-state index in [2.05, 4.69) is 43.6 Å². The van der Waals surface area contributed by atoms with Crippen LogP contribution in [-0.2, 0) is 0 Å². The van der Waals surface area contributed by atoms with Crippen molar-refractivity contribution in [1.29, 1.82) is 0 Å². The van der Waals surface area contributed by atoms with Crippen molar-refractivity contribution < 1.29 is 0 Å². The summed E-state index contributed by atoms with van der Waals surface area (Å²) in [4.78, 5) is 0. The van der Waals surface area contributed by atoms with Crippen LogP contribution in [0.3, 0.4) is 0 Å². The van der Waals surface area contributed by atoms with E-state index in [-0.39, 0.29) is 0 Å². The van der Waals surface area contributed by atoms with Crippen LogP contribution in [0.1, 0.15) is 20.3 Å². The van der Waals surface area contributed by atoms with Crippen molar-refractivity contribution in [1.82, 2.24) is 0 Å². The van der Waals surface area contributed by atoms with E-state index in [1.54, 1.807) is 0 Å². The van der Waals surface area contributed by atoms with Gasteiger partial charge in [-0.05, 0) is 17.9 Å². The van der Waals surface area contributed by atoms with Crippen LogP contribution in [-0.4, -0.2) is 35.0 Å². The molecule has 0 aliphatic rings. The smallest absolute Gasteiger partial charge is 0.00238 e. The van der Waals surface area contributed by atoms with Crippen molar-refractivity contribution in [3.8, 4) is 0 Å². The van der Waals surface area contributed by atoms with Crippen LogP contribution in [0.4, 0.5) is 0 Å². The molecule has 0 heterocycles. The third-order valence-corrected chi connectivity index (χ3v) is 5.32. The molecule has 0 amide bonds. The summed E-state index contributed by atoms with van der Waals surface area (Å²) in [6, 6.07) is 0. The van der Waals surface area contributed by atoms with E-state index in [9.17, 15) is 0 Å². The standard InChI is InChI=1S/C10H22S3/c1-4-10(2)9-13-8-7-12-6-5-11-3/h10H,4-9H2,1-3H3. The van der Waals surface area contributed by atoms with Gasteiger partial charge in [-0.15, -0.1) is 0 Å². The summed E-state index contributed by atoms with van der Waals surface area (Å²) in [7, 11) is 0. The Balaban J connectivity index is 2.91. The first kappa shape index (κ1) is 14.1. The van der Waals surface area contributed by atoms with Crippen LogP contribution in [0, 0.1) is 5.92 Å². The highest BCUT2D eigenvalue weighted by Gasteiger charge is 1.97. The summed E-state index contributed by atoms with van der Waals surface area (Å²) in [5.41, 5.74) is 0. The molecule has 3 heteroatoms. The van der Waals surface area contributed by atoms with E-state index >= 15 is 0 Å². The fourth-order valence-corrected chi connectivity index (χ4v) is 3.85. The monoisotopic (exact) mass is 238 g/mol. The highest BCUT2D eigenvalue weighted by Crippen LogP contribution is 2.13. The van der Waals surface area contributed by atoms with Gasteiger partial charge in [0.15, 0.2) is 0 Å². The molecule has 0 aromatic heterocycles. The van der Waals surface area contributed by atoms with Crippen LogP contribution in [0.15, 0.2) is 0 Å². The van der Waals surface area contributed by atoms with Gasteiger partial charge in [0.05, 0.1) is 0 Å². The van der Waals surface area contributed by atoms with E-state index in [4.69, 9.17) is 0 Å². The maximum absolute atomic E-state index is 2.34. The maximum atomic E-state index is 2.34. The minimum absolute atomic E-state index is 0.904. The van der Waals surface area contributed by atoms with E-state index in [1.807, 2.05) is 11.8 Å². The molecule has 0 aromatic rings. The maximum Gasteiger partial charge on any atom is 0.00238 e. The predicted molar refractivity (Wildman–Crippen MR) is 72.5 cm³/mol. The van der Waals surface area contributed by atoms with Gasteiger partial charge in [-0.3, -0.25) is 0 Å². The predicted octanol–water partition coefficient (Wildman–Crippen LogP) is 3.86. The first-order valence-corrected chi connectivity index (χ1v) is 8.66. The number of hydrogen-bond donors (Lipinski definition) is 0. The summed E-state index contributed by atoms with van der Waals surface area (Å²) in [6.07, 6.45) is 3.50. The molecule has 0 aromatic carbocycles. The fraction of sp³-hybridized carbons (Fsp3) is 1.00. The Morgan fingerprint density at radius 3 is 2.23 bits per heavy atom. The molecular formula is C10H22S3. The quantitative estimate of drug-likeness (QED) is 0.560. The third kappa shape index (κ3) is 11.0. The van der Waals surface area contributed by atoms with Crippen molar-refractivity contribution in [2.75, 3.05) is 35.0 Å². The molecule has 0 rings (SSSR count). The molecule has 0 bridgehead atoms. The van der Waals surface area contributed by atoms with E-state index in [0.717, 1.165) is 5.92 Å². The molecule has 13 heavy (non-hydrogen) atoms. The zero-order chi connectivity index (χ0) is 9.94. The van der Waals surface area contributed by atoms with Crippen molar-refractivity contribution in [2.24, 2.45) is 5.92 Å². The molecule has 0 fully saturated rings. The second-order valence-electron chi connectivity index (χ2n) is 3.19. The first-order valence-electron chi connectivity index (χ1n) is 4.95. The Labute approximate surface area is 96.4 Å². The Morgan fingerprint density at radius 1 is 1.00 bits per heavy atom. The van der Waals surface area contributed by atoms with Crippen molar-refractivity contribution >= 4 is 35.3 Å². The average molecular weight is 238 g/mol. The lowest BCUT2D eigenvalue weighted by atomic mass is 10.2. The molecule has 0 spiro atoms. The molecule has 80 valence electrons. The van der Waals surface area contributed by atoms with Gasteiger partial charge in [0.2, 0.25) is 0 Å². The lowest BCUT2D eigenvalue weighted by Gasteiger charge is -2.06. The molecule has 1 atom stereocenters. The van der Waals surface area contributed by atoms with E-state index < -0.39 is 0 Å². The minimum Gasteiger partial charge on any atom is -0.165 e. The largest absolute Gasteiger partial charge is 0.165 e. The van der Waals surface area contributed by atoms with Crippen LogP contribution in [0.2, 0.25) is 0 Å². The van der Waals surface area contributed by atoms with E-state index in [0.29, 0.717) is 0 Å². The van der Waals surface area contributed by atoms with Gasteiger partial charge < -0.3 is 0 Å². The van der Waals surface area contributed by atoms with Crippen molar-refractivity contribution in [3.63, 3.8) is 0 Å². The molecule has 1 unspecified atom stereocenters. The lowest BCUT2D eigenvalue weighted by molar-refractivity contribution is 0.637. The SMILES string of the molecule is CCC(C)CSCCSCCSC. The fourth-order valence-electron chi connectivity index (χ4n) is 0.765. The topological polar surface area (TPSA) is 0 Å². The Bertz CT molecular complexity index is 96.2. The van der Waals surface area contributed by atoms with Crippen molar-refractivity contribution in [3.05, 3.63) is 0 Å². The zero-order valence-corrected chi connectivity index (χ0v) is 11.5. The number of hydrogen-bond acceptors (Lipinski definition) is 3. The van der Waals surface area contributed by atoms with Gasteiger partial charge >= 0.3 is 0 Å². The second kappa shape index (κ2) is 11.1. The van der Waals surface area contributed by atoms with Crippen LogP contribution >= 0.6 is 35.3 Å². The average Bonchev–Trinajstić information content (AvgIpc) is 2.16. The molecule has 0 radical (unpaired) electrons. The molecule has 0 nitrogen and oxygen atoms in total. The van der Waals surface area contributed by atoms with Gasteiger partial charge in [-0.2, -0.15) is 35.3 Å². The van der Waals surface area contributed by atoms with Crippen molar-refractivity contribution in [2.45, 2.75) is 20.3 Å². The summed E-state index contributed by atoms with van der Waals surface area (Å²) >= 11 is 6.16. The highest BCUT2D eigenvalue weighted by atomic mass is 32.2. The number of thioether (sulfide) groups is 3.